The Balaban J connectivity index is 0.00000423. The third-order valence-electron chi connectivity index (χ3n) is 8.14. The predicted molar refractivity (Wildman–Crippen MR) is 168 cm³/mol. The minimum absolute atomic E-state index is 0. The first-order valence-corrected chi connectivity index (χ1v) is 15.6. The average molecular weight is 627 g/mol. The van der Waals surface area contributed by atoms with Gasteiger partial charge < -0.3 is 20.7 Å². The Labute approximate surface area is 259 Å². The molecule has 3 aromatic rings. The second-order valence-electron chi connectivity index (χ2n) is 11.7. The van der Waals surface area contributed by atoms with E-state index in [-0.39, 0.29) is 29.8 Å². The summed E-state index contributed by atoms with van der Waals surface area (Å²) in [5.74, 6) is -0.681. The van der Waals surface area contributed by atoms with Crippen molar-refractivity contribution in [2.24, 2.45) is 5.73 Å². The third-order valence-corrected chi connectivity index (χ3v) is 9.91. The molecular formula is C32H39ClN4O5S. The van der Waals surface area contributed by atoms with Crippen molar-refractivity contribution in [3.8, 4) is 0 Å². The van der Waals surface area contributed by atoms with Crippen LogP contribution >= 0.6 is 12.4 Å². The fourth-order valence-corrected chi connectivity index (χ4v) is 7.30. The fraction of sp³-hybridized carbons (Fsp3) is 0.375. The molecule has 1 spiro atoms. The minimum Gasteiger partial charge on any atom is -0.374 e. The number of piperidine rings is 1. The number of anilines is 1. The number of benzene rings is 3. The average Bonchev–Trinajstić information content (AvgIpc) is 3.31. The van der Waals surface area contributed by atoms with Crippen LogP contribution in [-0.2, 0) is 36.4 Å². The van der Waals surface area contributed by atoms with Crippen molar-refractivity contribution in [2.45, 2.75) is 55.2 Å². The predicted octanol–water partition coefficient (Wildman–Crippen LogP) is 3.62. The molecular weight excluding hydrogens is 588 g/mol. The number of fused-ring (bicyclic) bond motifs is 2. The molecule has 0 saturated carbocycles. The highest BCUT2D eigenvalue weighted by Crippen LogP contribution is 2.48. The van der Waals surface area contributed by atoms with Crippen molar-refractivity contribution < 1.29 is 22.7 Å². The summed E-state index contributed by atoms with van der Waals surface area (Å²) in [7, 11) is -3.75. The van der Waals surface area contributed by atoms with E-state index < -0.39 is 32.9 Å². The fourth-order valence-electron chi connectivity index (χ4n) is 5.71. The largest absolute Gasteiger partial charge is 0.374 e. The monoisotopic (exact) mass is 626 g/mol. The van der Waals surface area contributed by atoms with E-state index in [9.17, 15) is 18.0 Å². The van der Waals surface area contributed by atoms with Gasteiger partial charge in [-0.3, -0.25) is 13.9 Å². The molecule has 43 heavy (non-hydrogen) atoms. The number of rotatable bonds is 9. The number of carbonyl (C=O) groups excluding carboxylic acids is 2. The number of para-hydroxylation sites is 1. The lowest BCUT2D eigenvalue weighted by atomic mass is 9.74. The van der Waals surface area contributed by atoms with Crippen LogP contribution in [0.1, 0.15) is 37.8 Å². The molecule has 0 bridgehead atoms. The van der Waals surface area contributed by atoms with Gasteiger partial charge in [-0.2, -0.15) is 0 Å². The highest BCUT2D eigenvalue weighted by molar-refractivity contribution is 7.92. The first kappa shape index (κ1) is 32.5. The van der Waals surface area contributed by atoms with Crippen LogP contribution in [0.25, 0.3) is 0 Å². The number of sulfonamides is 1. The number of nitrogens with two attached hydrogens (primary N) is 1. The minimum atomic E-state index is -3.75. The van der Waals surface area contributed by atoms with Gasteiger partial charge in [0.05, 0.1) is 29.3 Å². The molecule has 0 aromatic heterocycles. The highest BCUT2D eigenvalue weighted by Gasteiger charge is 2.49. The van der Waals surface area contributed by atoms with Crippen LogP contribution in [0.5, 0.6) is 0 Å². The summed E-state index contributed by atoms with van der Waals surface area (Å²) in [6.07, 6.45) is 1.18. The maximum absolute atomic E-state index is 13.7. The molecule has 11 heteroatoms. The van der Waals surface area contributed by atoms with Crippen LogP contribution in [0, 0.1) is 0 Å². The Morgan fingerprint density at radius 1 is 0.953 bits per heavy atom. The maximum atomic E-state index is 13.7. The number of nitrogens with zero attached hydrogens (tertiary/aromatic N) is 2. The van der Waals surface area contributed by atoms with Gasteiger partial charge in [-0.15, -0.1) is 12.4 Å². The summed E-state index contributed by atoms with van der Waals surface area (Å²) >= 11 is 0. The first-order valence-electron chi connectivity index (χ1n) is 14.2. The zero-order valence-electron chi connectivity index (χ0n) is 24.4. The zero-order chi connectivity index (χ0) is 30.0. The van der Waals surface area contributed by atoms with Crippen LogP contribution in [0.15, 0.2) is 89.8 Å². The third kappa shape index (κ3) is 6.88. The van der Waals surface area contributed by atoms with Crippen LogP contribution in [0.2, 0.25) is 0 Å². The van der Waals surface area contributed by atoms with Gasteiger partial charge >= 0.3 is 0 Å². The summed E-state index contributed by atoms with van der Waals surface area (Å²) in [6.45, 7) is 4.64. The molecule has 1 unspecified atom stereocenters. The van der Waals surface area contributed by atoms with Crippen molar-refractivity contribution in [3.05, 3.63) is 96.1 Å². The van der Waals surface area contributed by atoms with E-state index in [0.717, 1.165) is 11.1 Å². The molecule has 1 fully saturated rings. The van der Waals surface area contributed by atoms with Crippen LogP contribution in [-0.4, -0.2) is 63.0 Å². The lowest BCUT2D eigenvalue weighted by molar-refractivity contribution is -0.140. The Morgan fingerprint density at radius 3 is 2.16 bits per heavy atom. The van der Waals surface area contributed by atoms with Gasteiger partial charge in [0.1, 0.15) is 6.04 Å². The van der Waals surface area contributed by atoms with E-state index in [1.54, 1.807) is 49.1 Å². The standard InChI is InChI=1S/C32H38N4O5S.ClH/c1-31(2,33)30(38)34-27(22-41-21-24-11-5-3-6-12-24)29(37)35-19-17-32(18-20-35)23-36(28-16-10-9-15-26(28)32)42(39,40)25-13-7-4-8-14-25;/h3-16,27H,17-23,33H2,1-2H3,(H,34,38);1H. The van der Waals surface area contributed by atoms with Gasteiger partial charge in [0, 0.05) is 25.0 Å². The molecule has 3 N–H and O–H groups in total. The van der Waals surface area contributed by atoms with Crippen LogP contribution < -0.4 is 15.4 Å². The van der Waals surface area contributed by atoms with E-state index in [0.29, 0.717) is 44.8 Å². The van der Waals surface area contributed by atoms with Gasteiger partial charge in [-0.25, -0.2) is 8.42 Å². The summed E-state index contributed by atoms with van der Waals surface area (Å²) in [5.41, 5.74) is 7.06. The van der Waals surface area contributed by atoms with E-state index in [1.807, 2.05) is 54.6 Å². The second-order valence-corrected chi connectivity index (χ2v) is 13.6. The molecule has 1 saturated heterocycles. The molecule has 2 heterocycles. The lowest BCUT2D eigenvalue weighted by Gasteiger charge is -2.41. The number of hydrogen-bond acceptors (Lipinski definition) is 6. The molecule has 0 aliphatic carbocycles. The topological polar surface area (TPSA) is 122 Å². The van der Waals surface area contributed by atoms with Crippen molar-refractivity contribution >= 4 is 39.9 Å². The van der Waals surface area contributed by atoms with Crippen molar-refractivity contribution in [1.82, 2.24) is 10.2 Å². The zero-order valence-corrected chi connectivity index (χ0v) is 26.1. The number of halogens is 1. The summed E-state index contributed by atoms with van der Waals surface area (Å²) in [4.78, 5) is 28.5. The molecule has 2 amide bonds. The second kappa shape index (κ2) is 13.1. The molecule has 9 nitrogen and oxygen atoms in total. The number of amides is 2. The number of carbonyl (C=O) groups is 2. The Kier molecular flexibility index (Phi) is 9.86. The Hall–Kier alpha value is -3.44. The Bertz CT molecular complexity index is 1520. The number of likely N-dealkylation sites (tertiary alicyclic amines) is 1. The molecule has 2 aliphatic heterocycles. The van der Waals surface area contributed by atoms with Gasteiger partial charge in [0.25, 0.3) is 10.0 Å². The molecule has 0 radical (unpaired) electrons. The van der Waals surface area contributed by atoms with Gasteiger partial charge in [0.2, 0.25) is 11.8 Å². The number of ether oxygens (including phenoxy) is 1. The molecule has 5 rings (SSSR count). The van der Waals surface area contributed by atoms with E-state index >= 15 is 0 Å². The number of hydrogen-bond donors (Lipinski definition) is 2. The highest BCUT2D eigenvalue weighted by atomic mass is 35.5. The van der Waals surface area contributed by atoms with Gasteiger partial charge in [-0.05, 0) is 56.0 Å². The van der Waals surface area contributed by atoms with E-state index in [4.69, 9.17) is 10.5 Å². The van der Waals surface area contributed by atoms with Gasteiger partial charge in [-0.1, -0.05) is 66.7 Å². The molecule has 2 aliphatic rings. The van der Waals surface area contributed by atoms with Crippen LogP contribution in [0.3, 0.4) is 0 Å². The van der Waals surface area contributed by atoms with E-state index in [1.165, 1.54) is 4.31 Å². The van der Waals surface area contributed by atoms with Crippen LogP contribution in [0.4, 0.5) is 5.69 Å². The summed E-state index contributed by atoms with van der Waals surface area (Å²) in [6, 6.07) is 24.8. The Morgan fingerprint density at radius 2 is 1.53 bits per heavy atom. The normalized spacial score (nSPS) is 16.7. The summed E-state index contributed by atoms with van der Waals surface area (Å²) < 4.78 is 34.7. The van der Waals surface area contributed by atoms with Crippen molar-refractivity contribution in [2.75, 3.05) is 30.5 Å². The molecule has 230 valence electrons. The summed E-state index contributed by atoms with van der Waals surface area (Å²) in [5, 5.41) is 2.79. The van der Waals surface area contributed by atoms with E-state index in [2.05, 4.69) is 5.32 Å². The van der Waals surface area contributed by atoms with Gasteiger partial charge in [0.15, 0.2) is 0 Å². The lowest BCUT2D eigenvalue weighted by Crippen LogP contribution is -2.59. The molecule has 1 atom stereocenters. The quantitative estimate of drug-likeness (QED) is 0.374. The first-order chi connectivity index (χ1) is 20.0. The smallest absolute Gasteiger partial charge is 0.264 e. The van der Waals surface area contributed by atoms with Crippen molar-refractivity contribution in [3.63, 3.8) is 0 Å². The molecule has 3 aromatic carbocycles. The van der Waals surface area contributed by atoms with Crippen molar-refractivity contribution in [1.29, 1.82) is 0 Å². The SMILES string of the molecule is CC(C)(N)C(=O)NC(COCc1ccccc1)C(=O)N1CCC2(CC1)CN(S(=O)(=O)c1ccccc1)c1ccccc12.Cl. The maximum Gasteiger partial charge on any atom is 0.264 e. The number of nitrogens with one attached hydrogen (secondary N) is 1.